The molecule has 0 atom stereocenters. The Morgan fingerprint density at radius 2 is 1.75 bits per heavy atom. The molecule has 0 amide bonds. The van der Waals surface area contributed by atoms with E-state index in [1.807, 2.05) is 6.92 Å². The molecule has 2 heterocycles. The summed E-state index contributed by atoms with van der Waals surface area (Å²) in [5.41, 5.74) is 2.59. The van der Waals surface area contributed by atoms with Crippen molar-refractivity contribution in [3.05, 3.63) is 22.5 Å². The van der Waals surface area contributed by atoms with Crippen LogP contribution in [0.25, 0.3) is 10.2 Å². The van der Waals surface area contributed by atoms with Gasteiger partial charge in [0.2, 0.25) is 0 Å². The fourth-order valence-corrected chi connectivity index (χ4v) is 3.10. The number of aryl methyl sites for hydroxylation is 1. The summed E-state index contributed by atoms with van der Waals surface area (Å²) < 4.78 is 0. The molecule has 16 heavy (non-hydrogen) atoms. The predicted molar refractivity (Wildman–Crippen MR) is 70.3 cm³/mol. The molecule has 2 aromatic heterocycles. The van der Waals surface area contributed by atoms with Crippen LogP contribution in [0.3, 0.4) is 0 Å². The number of hydrogen-bond acceptors (Lipinski definition) is 3. The predicted octanol–water partition coefficient (Wildman–Crippen LogP) is 4.25. The second-order valence-corrected chi connectivity index (χ2v) is 5.69. The quantitative estimate of drug-likeness (QED) is 0.776. The van der Waals surface area contributed by atoms with Crippen LogP contribution in [0, 0.1) is 6.92 Å². The monoisotopic (exact) mass is 234 g/mol. The van der Waals surface area contributed by atoms with Crippen LogP contribution in [0.2, 0.25) is 0 Å². The summed E-state index contributed by atoms with van der Waals surface area (Å²) in [6.07, 6.45) is 0. The highest BCUT2D eigenvalue weighted by molar-refractivity contribution is 7.17. The number of hydrogen-bond donors (Lipinski definition) is 0. The molecule has 0 aliphatic heterocycles. The third-order valence-electron chi connectivity index (χ3n) is 2.77. The van der Waals surface area contributed by atoms with Gasteiger partial charge in [-0.3, -0.25) is 0 Å². The molecule has 2 nitrogen and oxygen atoms in total. The Morgan fingerprint density at radius 3 is 2.31 bits per heavy atom. The fraction of sp³-hybridized carbons (Fsp3) is 0.538. The van der Waals surface area contributed by atoms with Crippen molar-refractivity contribution < 1.29 is 0 Å². The van der Waals surface area contributed by atoms with Crippen molar-refractivity contribution in [2.45, 2.75) is 46.5 Å². The minimum absolute atomic E-state index is 0.455. The molecule has 0 spiro atoms. The molecule has 0 bridgehead atoms. The lowest BCUT2D eigenvalue weighted by atomic mass is 9.98. The van der Waals surface area contributed by atoms with Crippen molar-refractivity contribution in [1.82, 2.24) is 9.97 Å². The molecular formula is C13H18N2S. The molecule has 2 rings (SSSR count). The summed E-state index contributed by atoms with van der Waals surface area (Å²) in [6, 6.07) is 0. The maximum Gasteiger partial charge on any atom is 0.127 e. The van der Waals surface area contributed by atoms with E-state index in [4.69, 9.17) is 0 Å². The standard InChI is InChI=1S/C13H18N2S/c1-7(2)10-6-16-13-11(10)12(8(3)4)14-9(5)15-13/h6-8H,1-5H3. The number of fused-ring (bicyclic) bond motifs is 1. The first-order valence-corrected chi connectivity index (χ1v) is 6.64. The average Bonchev–Trinajstić information content (AvgIpc) is 2.59. The molecule has 0 aromatic carbocycles. The molecule has 86 valence electrons. The van der Waals surface area contributed by atoms with Crippen molar-refractivity contribution in [2.75, 3.05) is 0 Å². The summed E-state index contributed by atoms with van der Waals surface area (Å²) in [4.78, 5) is 10.3. The number of rotatable bonds is 2. The van der Waals surface area contributed by atoms with Crippen molar-refractivity contribution in [1.29, 1.82) is 0 Å². The van der Waals surface area contributed by atoms with Gasteiger partial charge in [-0.25, -0.2) is 9.97 Å². The van der Waals surface area contributed by atoms with Crippen LogP contribution in [-0.2, 0) is 0 Å². The first-order valence-electron chi connectivity index (χ1n) is 5.76. The summed E-state index contributed by atoms with van der Waals surface area (Å²) in [7, 11) is 0. The third-order valence-corrected chi connectivity index (χ3v) is 3.66. The molecule has 3 heteroatoms. The van der Waals surface area contributed by atoms with E-state index in [-0.39, 0.29) is 0 Å². The third kappa shape index (κ3) is 1.84. The molecular weight excluding hydrogens is 216 g/mol. The minimum Gasteiger partial charge on any atom is -0.237 e. The van der Waals surface area contributed by atoms with Gasteiger partial charge >= 0.3 is 0 Å². The molecule has 0 saturated carbocycles. The van der Waals surface area contributed by atoms with E-state index in [9.17, 15) is 0 Å². The summed E-state index contributed by atoms with van der Waals surface area (Å²) >= 11 is 1.74. The first-order chi connectivity index (χ1) is 7.50. The highest BCUT2D eigenvalue weighted by Gasteiger charge is 2.16. The second-order valence-electron chi connectivity index (χ2n) is 4.84. The highest BCUT2D eigenvalue weighted by atomic mass is 32.1. The molecule has 2 aromatic rings. The molecule has 0 fully saturated rings. The van der Waals surface area contributed by atoms with E-state index in [0.717, 1.165) is 10.7 Å². The maximum atomic E-state index is 4.61. The molecule has 0 aliphatic rings. The summed E-state index contributed by atoms with van der Waals surface area (Å²) in [5, 5.41) is 3.52. The Hall–Kier alpha value is -0.960. The van der Waals surface area contributed by atoms with E-state index in [2.05, 4.69) is 43.0 Å². The summed E-state index contributed by atoms with van der Waals surface area (Å²) in [6.45, 7) is 10.8. The van der Waals surface area contributed by atoms with Gasteiger partial charge in [0.15, 0.2) is 0 Å². The van der Waals surface area contributed by atoms with Crippen LogP contribution in [0.15, 0.2) is 5.38 Å². The number of aromatic nitrogens is 2. The van der Waals surface area contributed by atoms with Gasteiger partial charge in [-0.05, 0) is 29.7 Å². The van der Waals surface area contributed by atoms with Gasteiger partial charge in [0.1, 0.15) is 10.7 Å². The minimum atomic E-state index is 0.455. The van der Waals surface area contributed by atoms with Crippen LogP contribution in [0.5, 0.6) is 0 Å². The van der Waals surface area contributed by atoms with Gasteiger partial charge in [-0.1, -0.05) is 27.7 Å². The van der Waals surface area contributed by atoms with Crippen molar-refractivity contribution >= 4 is 21.6 Å². The van der Waals surface area contributed by atoms with E-state index in [1.54, 1.807) is 11.3 Å². The molecule has 0 saturated heterocycles. The normalized spacial score (nSPS) is 11.9. The van der Waals surface area contributed by atoms with Gasteiger partial charge in [0, 0.05) is 5.39 Å². The smallest absolute Gasteiger partial charge is 0.127 e. The summed E-state index contributed by atoms with van der Waals surface area (Å²) in [5.74, 6) is 1.88. The second kappa shape index (κ2) is 4.13. The average molecular weight is 234 g/mol. The van der Waals surface area contributed by atoms with Crippen LogP contribution in [-0.4, -0.2) is 9.97 Å². The highest BCUT2D eigenvalue weighted by Crippen LogP contribution is 2.34. The fourth-order valence-electron chi connectivity index (χ4n) is 1.95. The van der Waals surface area contributed by atoms with Gasteiger partial charge in [0.25, 0.3) is 0 Å². The van der Waals surface area contributed by atoms with Crippen molar-refractivity contribution in [3.8, 4) is 0 Å². The van der Waals surface area contributed by atoms with Crippen molar-refractivity contribution in [3.63, 3.8) is 0 Å². The number of nitrogens with zero attached hydrogens (tertiary/aromatic N) is 2. The Labute approximate surface area is 101 Å². The van der Waals surface area contributed by atoms with Gasteiger partial charge in [-0.2, -0.15) is 0 Å². The Bertz CT molecular complexity index is 512. The zero-order chi connectivity index (χ0) is 11.9. The SMILES string of the molecule is Cc1nc(C(C)C)c2c(C(C)C)csc2n1. The van der Waals surface area contributed by atoms with Gasteiger partial charge in [-0.15, -0.1) is 11.3 Å². The molecule has 0 aliphatic carbocycles. The van der Waals surface area contributed by atoms with Crippen LogP contribution >= 0.6 is 11.3 Å². The van der Waals surface area contributed by atoms with E-state index in [1.165, 1.54) is 16.6 Å². The number of thiophene rings is 1. The maximum absolute atomic E-state index is 4.61. The Kier molecular flexibility index (Phi) is 2.98. The van der Waals surface area contributed by atoms with Crippen molar-refractivity contribution in [2.24, 2.45) is 0 Å². The van der Waals surface area contributed by atoms with E-state index >= 15 is 0 Å². The van der Waals surface area contributed by atoms with Gasteiger partial charge < -0.3 is 0 Å². The largest absolute Gasteiger partial charge is 0.237 e. The van der Waals surface area contributed by atoms with Crippen LogP contribution < -0.4 is 0 Å². The lowest BCUT2D eigenvalue weighted by molar-refractivity contribution is 0.810. The Balaban J connectivity index is 2.79. The lowest BCUT2D eigenvalue weighted by Gasteiger charge is -2.10. The molecule has 0 unspecified atom stereocenters. The van der Waals surface area contributed by atoms with E-state index < -0.39 is 0 Å². The van der Waals surface area contributed by atoms with E-state index in [0.29, 0.717) is 11.8 Å². The zero-order valence-electron chi connectivity index (χ0n) is 10.5. The van der Waals surface area contributed by atoms with Crippen LogP contribution in [0.4, 0.5) is 0 Å². The topological polar surface area (TPSA) is 25.8 Å². The first kappa shape index (κ1) is 11.5. The van der Waals surface area contributed by atoms with Gasteiger partial charge in [0.05, 0.1) is 5.69 Å². The molecule has 0 N–H and O–H groups in total. The molecule has 0 radical (unpaired) electrons. The lowest BCUT2D eigenvalue weighted by Crippen LogP contribution is -2.00. The van der Waals surface area contributed by atoms with Crippen LogP contribution in [0.1, 0.15) is 56.6 Å². The Morgan fingerprint density at radius 1 is 1.06 bits per heavy atom. The zero-order valence-corrected chi connectivity index (χ0v) is 11.4.